The van der Waals surface area contributed by atoms with Gasteiger partial charge < -0.3 is 5.11 Å². The topological polar surface area (TPSA) is 38.1 Å². The lowest BCUT2D eigenvalue weighted by molar-refractivity contribution is 0.195. The smallest absolute Gasteiger partial charge is 0.0985 e. The van der Waals surface area contributed by atoms with Crippen molar-refractivity contribution >= 4 is 26.8 Å². The fourth-order valence-electron chi connectivity index (χ4n) is 1.57. The van der Waals surface area contributed by atoms with Crippen LogP contribution in [0.1, 0.15) is 18.7 Å². The van der Waals surface area contributed by atoms with Gasteiger partial charge >= 0.3 is 0 Å². The van der Waals surface area contributed by atoms with Crippen molar-refractivity contribution in [3.05, 3.63) is 28.4 Å². The number of rotatable bonds is 1. The van der Waals surface area contributed by atoms with E-state index in [9.17, 15) is 5.11 Å². The number of fused-ring (bicyclic) bond motifs is 1. The molecule has 3 nitrogen and oxygen atoms in total. The van der Waals surface area contributed by atoms with Gasteiger partial charge in [-0.05, 0) is 25.1 Å². The van der Waals surface area contributed by atoms with Crippen LogP contribution in [0.5, 0.6) is 0 Å². The molecule has 74 valence electrons. The van der Waals surface area contributed by atoms with Crippen LogP contribution in [0.4, 0.5) is 0 Å². The Balaban J connectivity index is 2.79. The number of aliphatic hydroxyl groups is 1. The monoisotopic (exact) mass is 254 g/mol. The summed E-state index contributed by atoms with van der Waals surface area (Å²) in [5, 5.41) is 14.8. The molecule has 0 spiro atoms. The SMILES string of the molecule is CC(O)c1nn(C)c2ccc(Br)cc12. The fraction of sp³-hybridized carbons (Fsp3) is 0.300. The third-order valence-electron chi connectivity index (χ3n) is 2.24. The zero-order chi connectivity index (χ0) is 10.3. The number of nitrogens with zero attached hydrogens (tertiary/aromatic N) is 2. The molecule has 0 aliphatic carbocycles. The van der Waals surface area contributed by atoms with E-state index in [1.54, 1.807) is 11.6 Å². The number of hydrogen-bond acceptors (Lipinski definition) is 2. The second-order valence-electron chi connectivity index (χ2n) is 3.35. The first-order valence-corrected chi connectivity index (χ1v) is 5.19. The van der Waals surface area contributed by atoms with Gasteiger partial charge in [0.1, 0.15) is 0 Å². The van der Waals surface area contributed by atoms with Crippen LogP contribution in [0.25, 0.3) is 10.9 Å². The summed E-state index contributed by atoms with van der Waals surface area (Å²) >= 11 is 3.41. The third kappa shape index (κ3) is 1.44. The molecular formula is C10H11BrN2O. The summed E-state index contributed by atoms with van der Waals surface area (Å²) in [4.78, 5) is 0. The molecule has 4 heteroatoms. The molecule has 0 bridgehead atoms. The standard InChI is InChI=1S/C10H11BrN2O/c1-6(14)10-8-5-7(11)3-4-9(8)13(2)12-10/h3-6,14H,1-2H3. The molecule has 1 unspecified atom stereocenters. The van der Waals surface area contributed by atoms with E-state index in [0.29, 0.717) is 0 Å². The summed E-state index contributed by atoms with van der Waals surface area (Å²) in [5.74, 6) is 0. The Bertz CT molecular complexity index is 476. The highest BCUT2D eigenvalue weighted by molar-refractivity contribution is 9.10. The molecule has 2 aromatic rings. The van der Waals surface area contributed by atoms with E-state index in [0.717, 1.165) is 21.1 Å². The van der Waals surface area contributed by atoms with Crippen LogP contribution >= 0.6 is 15.9 Å². The van der Waals surface area contributed by atoms with Gasteiger partial charge in [-0.3, -0.25) is 4.68 Å². The predicted molar refractivity (Wildman–Crippen MR) is 59.0 cm³/mol. The molecule has 0 radical (unpaired) electrons. The average molecular weight is 255 g/mol. The lowest BCUT2D eigenvalue weighted by atomic mass is 10.1. The van der Waals surface area contributed by atoms with Crippen molar-refractivity contribution in [1.82, 2.24) is 9.78 Å². The average Bonchev–Trinajstić information content (AvgIpc) is 2.43. The van der Waals surface area contributed by atoms with Gasteiger partial charge in [0.2, 0.25) is 0 Å². The van der Waals surface area contributed by atoms with Gasteiger partial charge in [0.25, 0.3) is 0 Å². The molecule has 1 N–H and O–H groups in total. The van der Waals surface area contributed by atoms with Crippen molar-refractivity contribution in [2.45, 2.75) is 13.0 Å². The number of aliphatic hydroxyl groups excluding tert-OH is 1. The zero-order valence-electron chi connectivity index (χ0n) is 8.03. The lowest BCUT2D eigenvalue weighted by Crippen LogP contribution is -1.95. The molecule has 0 amide bonds. The summed E-state index contributed by atoms with van der Waals surface area (Å²) in [6.45, 7) is 1.72. The van der Waals surface area contributed by atoms with Gasteiger partial charge in [-0.15, -0.1) is 0 Å². The fourth-order valence-corrected chi connectivity index (χ4v) is 1.93. The van der Waals surface area contributed by atoms with Gasteiger partial charge in [0, 0.05) is 16.9 Å². The van der Waals surface area contributed by atoms with E-state index in [4.69, 9.17) is 0 Å². The Morgan fingerprint density at radius 3 is 2.86 bits per heavy atom. The van der Waals surface area contributed by atoms with Gasteiger partial charge in [-0.25, -0.2) is 0 Å². The molecule has 0 fully saturated rings. The van der Waals surface area contributed by atoms with E-state index >= 15 is 0 Å². The van der Waals surface area contributed by atoms with Crippen molar-refractivity contribution < 1.29 is 5.11 Å². The zero-order valence-corrected chi connectivity index (χ0v) is 9.62. The first-order valence-electron chi connectivity index (χ1n) is 4.40. The molecule has 0 saturated carbocycles. The molecule has 2 rings (SSSR count). The second-order valence-corrected chi connectivity index (χ2v) is 4.26. The van der Waals surface area contributed by atoms with Crippen LogP contribution in [-0.2, 0) is 7.05 Å². The first kappa shape index (κ1) is 9.68. The van der Waals surface area contributed by atoms with E-state index in [2.05, 4.69) is 21.0 Å². The van der Waals surface area contributed by atoms with Crippen molar-refractivity contribution in [3.63, 3.8) is 0 Å². The highest BCUT2D eigenvalue weighted by Gasteiger charge is 2.12. The summed E-state index contributed by atoms with van der Waals surface area (Å²) in [6, 6.07) is 5.93. The van der Waals surface area contributed by atoms with Crippen LogP contribution in [0.15, 0.2) is 22.7 Å². The maximum absolute atomic E-state index is 9.53. The number of benzene rings is 1. The minimum absolute atomic E-state index is 0.534. The number of halogens is 1. The Morgan fingerprint density at radius 1 is 1.50 bits per heavy atom. The van der Waals surface area contributed by atoms with E-state index < -0.39 is 6.10 Å². The normalized spacial score (nSPS) is 13.4. The molecule has 14 heavy (non-hydrogen) atoms. The van der Waals surface area contributed by atoms with Crippen LogP contribution in [-0.4, -0.2) is 14.9 Å². The van der Waals surface area contributed by atoms with Gasteiger partial charge in [0.05, 0.1) is 17.3 Å². The number of aromatic nitrogens is 2. The summed E-state index contributed by atoms with van der Waals surface area (Å²) in [5.41, 5.74) is 1.76. The van der Waals surface area contributed by atoms with Crippen molar-refractivity contribution in [2.75, 3.05) is 0 Å². The number of hydrogen-bond donors (Lipinski definition) is 1. The second kappa shape index (κ2) is 3.37. The Labute approximate surface area is 90.5 Å². The third-order valence-corrected chi connectivity index (χ3v) is 2.73. The van der Waals surface area contributed by atoms with Crippen LogP contribution in [0.3, 0.4) is 0 Å². The van der Waals surface area contributed by atoms with E-state index in [1.165, 1.54) is 0 Å². The Morgan fingerprint density at radius 2 is 2.21 bits per heavy atom. The van der Waals surface area contributed by atoms with Crippen LogP contribution in [0.2, 0.25) is 0 Å². The quantitative estimate of drug-likeness (QED) is 0.849. The maximum atomic E-state index is 9.53. The maximum Gasteiger partial charge on any atom is 0.0985 e. The molecule has 1 atom stereocenters. The highest BCUT2D eigenvalue weighted by atomic mass is 79.9. The molecule has 1 aromatic heterocycles. The molecule has 1 heterocycles. The van der Waals surface area contributed by atoms with Crippen molar-refractivity contribution in [3.8, 4) is 0 Å². The predicted octanol–water partition coefficient (Wildman–Crippen LogP) is 2.39. The number of aryl methyl sites for hydroxylation is 1. The highest BCUT2D eigenvalue weighted by Crippen LogP contribution is 2.25. The molecule has 0 aliphatic rings. The molecule has 0 aliphatic heterocycles. The largest absolute Gasteiger partial charge is 0.387 e. The van der Waals surface area contributed by atoms with Crippen molar-refractivity contribution in [1.29, 1.82) is 0 Å². The minimum atomic E-state index is -0.534. The van der Waals surface area contributed by atoms with Gasteiger partial charge in [-0.2, -0.15) is 5.10 Å². The summed E-state index contributed by atoms with van der Waals surface area (Å²) < 4.78 is 2.78. The Kier molecular flexibility index (Phi) is 2.33. The summed E-state index contributed by atoms with van der Waals surface area (Å²) in [6.07, 6.45) is -0.534. The van der Waals surface area contributed by atoms with Gasteiger partial charge in [0.15, 0.2) is 0 Å². The van der Waals surface area contributed by atoms with Crippen LogP contribution < -0.4 is 0 Å². The van der Waals surface area contributed by atoms with Crippen molar-refractivity contribution in [2.24, 2.45) is 7.05 Å². The van der Waals surface area contributed by atoms with E-state index in [1.807, 2.05) is 25.2 Å². The Hall–Kier alpha value is -0.870. The molecular weight excluding hydrogens is 244 g/mol. The van der Waals surface area contributed by atoms with Gasteiger partial charge in [-0.1, -0.05) is 15.9 Å². The summed E-state index contributed by atoms with van der Waals surface area (Å²) in [7, 11) is 1.88. The molecule has 0 saturated heterocycles. The lowest BCUT2D eigenvalue weighted by Gasteiger charge is -1.99. The molecule has 1 aromatic carbocycles. The van der Waals surface area contributed by atoms with E-state index in [-0.39, 0.29) is 0 Å². The first-order chi connectivity index (χ1) is 6.59. The van der Waals surface area contributed by atoms with Crippen LogP contribution in [0, 0.1) is 0 Å². The minimum Gasteiger partial charge on any atom is -0.387 e.